The van der Waals surface area contributed by atoms with E-state index < -0.39 is 0 Å². The molecule has 1 N–H and O–H groups in total. The lowest BCUT2D eigenvalue weighted by molar-refractivity contribution is 0.132. The number of nitrogens with one attached hydrogen (secondary N) is 1. The number of alkyl carbamates (subject to hydrolysis) is 1. The Bertz CT molecular complexity index is 485. The number of hydrogen-bond acceptors (Lipinski definition) is 2. The van der Waals surface area contributed by atoms with Crippen LogP contribution in [0.4, 0.5) is 4.79 Å². The molecule has 0 aliphatic heterocycles. The van der Waals surface area contributed by atoms with E-state index in [1.165, 1.54) is 19.3 Å². The summed E-state index contributed by atoms with van der Waals surface area (Å²) < 4.78 is 5.28. The Morgan fingerprint density at radius 3 is 2.71 bits per heavy atom. The first kappa shape index (κ1) is 15.4. The number of benzene rings is 1. The molecule has 2 rings (SSSR count). The third kappa shape index (κ3) is 5.13. The smallest absolute Gasteiger partial charge is 0.407 e. The van der Waals surface area contributed by atoms with Crippen LogP contribution in [0.5, 0.6) is 0 Å². The van der Waals surface area contributed by atoms with E-state index in [0.29, 0.717) is 12.5 Å². The number of rotatable bonds is 5. The van der Waals surface area contributed by atoms with E-state index in [0.717, 1.165) is 18.4 Å². The van der Waals surface area contributed by atoms with Crippen molar-refractivity contribution < 1.29 is 9.53 Å². The fourth-order valence-corrected chi connectivity index (χ4v) is 2.82. The highest BCUT2D eigenvalue weighted by Crippen LogP contribution is 2.27. The first-order valence-electron chi connectivity index (χ1n) is 7.63. The van der Waals surface area contributed by atoms with Crippen molar-refractivity contribution in [1.82, 2.24) is 5.32 Å². The van der Waals surface area contributed by atoms with Gasteiger partial charge in [0.25, 0.3) is 0 Å². The second kappa shape index (κ2) is 8.33. The van der Waals surface area contributed by atoms with Gasteiger partial charge < -0.3 is 10.1 Å². The Labute approximate surface area is 126 Å². The van der Waals surface area contributed by atoms with Crippen molar-refractivity contribution in [2.45, 2.75) is 44.8 Å². The van der Waals surface area contributed by atoms with E-state index in [1.54, 1.807) is 0 Å². The molecule has 112 valence electrons. The number of amides is 1. The Morgan fingerprint density at radius 2 is 2.05 bits per heavy atom. The molecule has 3 heteroatoms. The molecule has 1 aliphatic rings. The highest BCUT2D eigenvalue weighted by Gasteiger charge is 2.23. The molecule has 0 heterocycles. The summed E-state index contributed by atoms with van der Waals surface area (Å²) in [4.78, 5) is 11.9. The lowest BCUT2D eigenvalue weighted by atomic mass is 9.84. The van der Waals surface area contributed by atoms with Crippen molar-refractivity contribution in [3.63, 3.8) is 0 Å². The molecule has 21 heavy (non-hydrogen) atoms. The van der Waals surface area contributed by atoms with Gasteiger partial charge >= 0.3 is 6.09 Å². The minimum absolute atomic E-state index is 0.0222. The van der Waals surface area contributed by atoms with Crippen LogP contribution in [0.25, 0.3) is 0 Å². The molecule has 0 aromatic heterocycles. The van der Waals surface area contributed by atoms with E-state index in [-0.39, 0.29) is 12.1 Å². The lowest BCUT2D eigenvalue weighted by Gasteiger charge is -2.28. The van der Waals surface area contributed by atoms with Crippen LogP contribution in [0.3, 0.4) is 0 Å². The van der Waals surface area contributed by atoms with Gasteiger partial charge in [0, 0.05) is 0 Å². The molecule has 1 amide bonds. The van der Waals surface area contributed by atoms with Gasteiger partial charge in [-0.2, -0.15) is 0 Å². The van der Waals surface area contributed by atoms with Crippen molar-refractivity contribution >= 4 is 6.09 Å². The zero-order chi connectivity index (χ0) is 14.9. The standard InChI is InChI=1S/C18H23NO2/c1-2-9-17(16-12-7-4-8-13-16)19-18(20)21-14-15-10-5-3-6-11-15/h3,5-6,9-11,16-17H,1,4,7-8,12-14H2,(H,19,20)/t17-/m0/s1. The summed E-state index contributed by atoms with van der Waals surface area (Å²) in [6.07, 6.45) is 7.50. The normalized spacial score (nSPS) is 16.6. The lowest BCUT2D eigenvalue weighted by Crippen LogP contribution is -2.39. The Balaban J connectivity index is 1.84. The molecule has 3 nitrogen and oxygen atoms in total. The maximum atomic E-state index is 11.9. The fraction of sp³-hybridized carbons (Fsp3) is 0.444. The fourth-order valence-electron chi connectivity index (χ4n) is 2.82. The van der Waals surface area contributed by atoms with Crippen LogP contribution in [0.1, 0.15) is 37.7 Å². The van der Waals surface area contributed by atoms with Gasteiger partial charge in [0.2, 0.25) is 0 Å². The predicted molar refractivity (Wildman–Crippen MR) is 83.8 cm³/mol. The molecule has 0 radical (unpaired) electrons. The van der Waals surface area contributed by atoms with Crippen molar-refractivity contribution in [2.24, 2.45) is 5.92 Å². The highest BCUT2D eigenvalue weighted by molar-refractivity contribution is 5.68. The van der Waals surface area contributed by atoms with Gasteiger partial charge in [-0.1, -0.05) is 56.2 Å². The van der Waals surface area contributed by atoms with Gasteiger partial charge in [0.15, 0.2) is 0 Å². The summed E-state index contributed by atoms with van der Waals surface area (Å²) in [5.74, 6) is 0.470. The summed E-state index contributed by atoms with van der Waals surface area (Å²) in [7, 11) is 0. The molecular weight excluding hydrogens is 262 g/mol. The van der Waals surface area contributed by atoms with Crippen molar-refractivity contribution in [3.05, 3.63) is 54.3 Å². The van der Waals surface area contributed by atoms with E-state index in [9.17, 15) is 4.79 Å². The van der Waals surface area contributed by atoms with Crippen LogP contribution < -0.4 is 5.32 Å². The quantitative estimate of drug-likeness (QED) is 0.823. The van der Waals surface area contributed by atoms with Crippen LogP contribution in [-0.4, -0.2) is 12.1 Å². The Hall–Kier alpha value is -1.99. The minimum atomic E-state index is -0.374. The van der Waals surface area contributed by atoms with Crippen LogP contribution in [0.2, 0.25) is 0 Å². The Kier molecular flexibility index (Phi) is 6.11. The predicted octanol–water partition coefficient (Wildman–Crippen LogP) is 4.20. The molecular formula is C18H23NO2. The van der Waals surface area contributed by atoms with Crippen molar-refractivity contribution in [3.8, 4) is 0 Å². The van der Waals surface area contributed by atoms with Crippen LogP contribution in [0, 0.1) is 5.92 Å². The number of ether oxygens (including phenoxy) is 1. The second-order valence-corrected chi connectivity index (χ2v) is 5.50. The zero-order valence-electron chi connectivity index (χ0n) is 12.4. The summed E-state index contributed by atoms with van der Waals surface area (Å²) in [5.41, 5.74) is 3.79. The summed E-state index contributed by atoms with van der Waals surface area (Å²) in [6, 6.07) is 9.66. The van der Waals surface area contributed by atoms with Crippen LogP contribution in [-0.2, 0) is 11.3 Å². The van der Waals surface area contributed by atoms with E-state index >= 15 is 0 Å². The highest BCUT2D eigenvalue weighted by atomic mass is 16.5. The monoisotopic (exact) mass is 285 g/mol. The molecule has 0 spiro atoms. The molecule has 1 saturated carbocycles. The number of hydrogen-bond donors (Lipinski definition) is 1. The van der Waals surface area contributed by atoms with Gasteiger partial charge in [-0.25, -0.2) is 4.79 Å². The Morgan fingerprint density at radius 1 is 1.33 bits per heavy atom. The average Bonchev–Trinajstić information content (AvgIpc) is 2.54. The zero-order valence-corrected chi connectivity index (χ0v) is 12.4. The average molecular weight is 285 g/mol. The second-order valence-electron chi connectivity index (χ2n) is 5.50. The largest absolute Gasteiger partial charge is 0.445 e. The summed E-state index contributed by atoms with van der Waals surface area (Å²) in [6.45, 7) is 3.92. The van der Waals surface area contributed by atoms with E-state index in [4.69, 9.17) is 4.74 Å². The topological polar surface area (TPSA) is 38.3 Å². The van der Waals surface area contributed by atoms with Crippen molar-refractivity contribution in [2.75, 3.05) is 0 Å². The van der Waals surface area contributed by atoms with Crippen molar-refractivity contribution in [1.29, 1.82) is 0 Å². The first-order chi connectivity index (χ1) is 10.3. The summed E-state index contributed by atoms with van der Waals surface area (Å²) >= 11 is 0. The number of carbonyl (C=O) groups excluding carboxylic acids is 1. The molecule has 1 aliphatic carbocycles. The molecule has 0 bridgehead atoms. The maximum Gasteiger partial charge on any atom is 0.407 e. The maximum absolute atomic E-state index is 11.9. The van der Waals surface area contributed by atoms with Gasteiger partial charge in [-0.3, -0.25) is 0 Å². The third-order valence-corrected chi connectivity index (χ3v) is 3.95. The summed E-state index contributed by atoms with van der Waals surface area (Å²) in [5, 5.41) is 2.94. The van der Waals surface area contributed by atoms with Crippen LogP contribution >= 0.6 is 0 Å². The molecule has 0 unspecified atom stereocenters. The SMILES string of the molecule is C=C=C[C@H](NC(=O)OCc1ccccc1)C1CCCCC1. The van der Waals surface area contributed by atoms with E-state index in [2.05, 4.69) is 17.6 Å². The molecule has 1 atom stereocenters. The molecule has 1 aromatic rings. The van der Waals surface area contributed by atoms with Gasteiger partial charge in [-0.05, 0) is 30.4 Å². The molecule has 1 fully saturated rings. The minimum Gasteiger partial charge on any atom is -0.445 e. The van der Waals surface area contributed by atoms with Gasteiger partial charge in [-0.15, -0.1) is 5.73 Å². The third-order valence-electron chi connectivity index (χ3n) is 3.95. The van der Waals surface area contributed by atoms with E-state index in [1.807, 2.05) is 36.4 Å². The number of carbonyl (C=O) groups is 1. The van der Waals surface area contributed by atoms with Gasteiger partial charge in [0.05, 0.1) is 6.04 Å². The first-order valence-corrected chi connectivity index (χ1v) is 7.63. The van der Waals surface area contributed by atoms with Crippen LogP contribution in [0.15, 0.2) is 48.7 Å². The van der Waals surface area contributed by atoms with Gasteiger partial charge in [0.1, 0.15) is 6.61 Å². The molecule has 0 saturated heterocycles. The molecule has 1 aromatic carbocycles.